The van der Waals surface area contributed by atoms with Crippen molar-refractivity contribution in [2.45, 2.75) is 38.3 Å². The molecule has 4 heteroatoms. The highest BCUT2D eigenvalue weighted by Gasteiger charge is 2.32. The van der Waals surface area contributed by atoms with Gasteiger partial charge in [0.05, 0.1) is 6.54 Å². The van der Waals surface area contributed by atoms with E-state index in [1.165, 1.54) is 4.88 Å². The number of hydrogen-bond donors (Lipinski definition) is 0. The van der Waals surface area contributed by atoms with Gasteiger partial charge in [0.25, 0.3) is 0 Å². The van der Waals surface area contributed by atoms with Crippen molar-refractivity contribution in [3.63, 3.8) is 0 Å². The molecular weight excluding hydrogens is 242 g/mol. The van der Waals surface area contributed by atoms with Gasteiger partial charge in [-0.15, -0.1) is 22.9 Å². The molecule has 1 amide bonds. The summed E-state index contributed by atoms with van der Waals surface area (Å²) in [7, 11) is 0. The Bertz CT molecular complexity index is 335. The molecule has 0 unspecified atom stereocenters. The van der Waals surface area contributed by atoms with Gasteiger partial charge in [-0.2, -0.15) is 0 Å². The smallest absolute Gasteiger partial charge is 0.223 e. The second-order valence-corrected chi connectivity index (χ2v) is 5.53. The topological polar surface area (TPSA) is 20.3 Å². The van der Waals surface area contributed by atoms with E-state index < -0.39 is 0 Å². The van der Waals surface area contributed by atoms with E-state index in [2.05, 4.69) is 11.4 Å². The molecule has 0 aromatic carbocycles. The summed E-state index contributed by atoms with van der Waals surface area (Å²) < 4.78 is 0. The first kappa shape index (κ1) is 11.9. The maximum absolute atomic E-state index is 12.0. The highest BCUT2D eigenvalue weighted by Crippen LogP contribution is 2.29. The van der Waals surface area contributed by atoms with Gasteiger partial charge in [-0.05, 0) is 30.7 Å². The molecule has 1 aliphatic carbocycles. The van der Waals surface area contributed by atoms with Gasteiger partial charge in [0, 0.05) is 23.2 Å². The molecule has 1 aromatic heterocycles. The van der Waals surface area contributed by atoms with Crippen LogP contribution in [0.2, 0.25) is 0 Å². The number of rotatable bonds is 6. The molecule has 0 aliphatic heterocycles. The molecule has 0 radical (unpaired) electrons. The number of nitrogens with zero attached hydrogens (tertiary/aromatic N) is 1. The minimum absolute atomic E-state index is 0.261. The first-order chi connectivity index (χ1) is 7.81. The van der Waals surface area contributed by atoms with Crippen molar-refractivity contribution in [3.8, 4) is 0 Å². The summed E-state index contributed by atoms with van der Waals surface area (Å²) in [5.74, 6) is 0.833. The van der Waals surface area contributed by atoms with Crippen LogP contribution in [0.25, 0.3) is 0 Å². The van der Waals surface area contributed by atoms with Crippen molar-refractivity contribution >= 4 is 28.8 Å². The van der Waals surface area contributed by atoms with E-state index in [1.54, 1.807) is 11.3 Å². The lowest BCUT2D eigenvalue weighted by Crippen LogP contribution is -2.32. The summed E-state index contributed by atoms with van der Waals surface area (Å²) in [6, 6.07) is 4.62. The Balaban J connectivity index is 1.92. The largest absolute Gasteiger partial charge is 0.335 e. The summed E-state index contributed by atoms with van der Waals surface area (Å²) >= 11 is 7.34. The Morgan fingerprint density at radius 2 is 2.38 bits per heavy atom. The van der Waals surface area contributed by atoms with Crippen LogP contribution in [-0.4, -0.2) is 22.7 Å². The van der Waals surface area contributed by atoms with Crippen LogP contribution in [0.15, 0.2) is 17.5 Å². The molecular formula is C12H16ClNOS. The fourth-order valence-electron chi connectivity index (χ4n) is 1.74. The number of carbonyl (C=O) groups excluding carboxylic acids is 1. The molecule has 0 N–H and O–H groups in total. The van der Waals surface area contributed by atoms with Crippen LogP contribution < -0.4 is 0 Å². The second-order valence-electron chi connectivity index (χ2n) is 4.12. The van der Waals surface area contributed by atoms with Crippen LogP contribution in [0, 0.1) is 0 Å². The second kappa shape index (κ2) is 5.69. The fourth-order valence-corrected chi connectivity index (χ4v) is 2.58. The Morgan fingerprint density at radius 3 is 2.94 bits per heavy atom. The van der Waals surface area contributed by atoms with E-state index >= 15 is 0 Å². The maximum Gasteiger partial charge on any atom is 0.223 e. The summed E-state index contributed by atoms with van der Waals surface area (Å²) in [5.41, 5.74) is 0. The van der Waals surface area contributed by atoms with Crippen LogP contribution in [0.4, 0.5) is 0 Å². The molecule has 88 valence electrons. The lowest BCUT2D eigenvalue weighted by Gasteiger charge is -2.21. The van der Waals surface area contributed by atoms with Crippen molar-refractivity contribution < 1.29 is 4.79 Å². The third-order valence-corrected chi connectivity index (χ3v) is 3.87. The van der Waals surface area contributed by atoms with Gasteiger partial charge in [0.2, 0.25) is 5.91 Å². The lowest BCUT2D eigenvalue weighted by atomic mass is 10.3. The summed E-state index contributed by atoms with van der Waals surface area (Å²) in [6.45, 7) is 0.781. The Labute approximate surface area is 105 Å². The zero-order valence-corrected chi connectivity index (χ0v) is 10.8. The lowest BCUT2D eigenvalue weighted by molar-refractivity contribution is -0.132. The Kier molecular flexibility index (Phi) is 4.24. The van der Waals surface area contributed by atoms with Crippen molar-refractivity contribution in [3.05, 3.63) is 22.4 Å². The molecule has 1 aromatic rings. The molecule has 0 bridgehead atoms. The van der Waals surface area contributed by atoms with Crippen molar-refractivity contribution in [1.29, 1.82) is 0 Å². The van der Waals surface area contributed by atoms with Crippen LogP contribution in [0.1, 0.15) is 30.6 Å². The number of amides is 1. The average molecular weight is 258 g/mol. The summed E-state index contributed by atoms with van der Waals surface area (Å²) in [5, 5.41) is 2.06. The van der Waals surface area contributed by atoms with Crippen molar-refractivity contribution in [2.75, 3.05) is 5.88 Å². The number of halogens is 1. The zero-order valence-electron chi connectivity index (χ0n) is 9.19. The summed E-state index contributed by atoms with van der Waals surface area (Å²) in [4.78, 5) is 15.3. The van der Waals surface area contributed by atoms with Crippen molar-refractivity contribution in [1.82, 2.24) is 4.90 Å². The highest BCUT2D eigenvalue weighted by molar-refractivity contribution is 7.09. The predicted molar refractivity (Wildman–Crippen MR) is 67.8 cm³/mol. The van der Waals surface area contributed by atoms with E-state index in [1.807, 2.05) is 11.0 Å². The fraction of sp³-hybridized carbons (Fsp3) is 0.583. The number of thiophene rings is 1. The van der Waals surface area contributed by atoms with Gasteiger partial charge in [-0.3, -0.25) is 4.79 Å². The van der Waals surface area contributed by atoms with E-state index in [-0.39, 0.29) is 5.91 Å². The standard InChI is InChI=1S/C12H16ClNOS/c13-7-1-4-12(15)14(10-5-6-10)9-11-3-2-8-16-11/h2-3,8,10H,1,4-7,9H2. The highest BCUT2D eigenvalue weighted by atomic mass is 35.5. The third kappa shape index (κ3) is 3.22. The van der Waals surface area contributed by atoms with E-state index in [4.69, 9.17) is 11.6 Å². The van der Waals surface area contributed by atoms with Gasteiger partial charge in [0.1, 0.15) is 0 Å². The number of alkyl halides is 1. The Hall–Kier alpha value is -0.540. The maximum atomic E-state index is 12.0. The monoisotopic (exact) mass is 257 g/mol. The van der Waals surface area contributed by atoms with Gasteiger partial charge in [0.15, 0.2) is 0 Å². The zero-order chi connectivity index (χ0) is 11.4. The third-order valence-electron chi connectivity index (χ3n) is 2.74. The van der Waals surface area contributed by atoms with Crippen LogP contribution in [0.3, 0.4) is 0 Å². The van der Waals surface area contributed by atoms with E-state index in [0.29, 0.717) is 18.3 Å². The van der Waals surface area contributed by atoms with Crippen LogP contribution >= 0.6 is 22.9 Å². The molecule has 1 aliphatic rings. The van der Waals surface area contributed by atoms with Crippen LogP contribution in [0.5, 0.6) is 0 Å². The summed E-state index contributed by atoms with van der Waals surface area (Å²) in [6.07, 6.45) is 3.70. The predicted octanol–water partition coefficient (Wildman–Crippen LogP) is 3.26. The average Bonchev–Trinajstić information content (AvgIpc) is 3.00. The molecule has 0 atom stereocenters. The first-order valence-corrected chi connectivity index (χ1v) is 7.10. The van der Waals surface area contributed by atoms with Gasteiger partial charge < -0.3 is 4.90 Å². The van der Waals surface area contributed by atoms with E-state index in [9.17, 15) is 4.79 Å². The first-order valence-electron chi connectivity index (χ1n) is 5.69. The SMILES string of the molecule is O=C(CCCCl)N(Cc1cccs1)C1CC1. The minimum atomic E-state index is 0.261. The van der Waals surface area contributed by atoms with Crippen molar-refractivity contribution in [2.24, 2.45) is 0 Å². The van der Waals surface area contributed by atoms with Gasteiger partial charge >= 0.3 is 0 Å². The molecule has 1 fully saturated rings. The molecule has 1 heterocycles. The molecule has 0 saturated heterocycles. The normalized spacial score (nSPS) is 15.1. The number of carbonyl (C=O) groups is 1. The Morgan fingerprint density at radius 1 is 1.56 bits per heavy atom. The number of hydrogen-bond acceptors (Lipinski definition) is 2. The van der Waals surface area contributed by atoms with E-state index in [0.717, 1.165) is 25.8 Å². The molecule has 2 rings (SSSR count). The van der Waals surface area contributed by atoms with Gasteiger partial charge in [-0.25, -0.2) is 0 Å². The molecule has 2 nitrogen and oxygen atoms in total. The molecule has 16 heavy (non-hydrogen) atoms. The molecule has 0 spiro atoms. The molecule has 1 saturated carbocycles. The minimum Gasteiger partial charge on any atom is -0.335 e. The van der Waals surface area contributed by atoms with Crippen LogP contribution in [-0.2, 0) is 11.3 Å². The quantitative estimate of drug-likeness (QED) is 0.717. The van der Waals surface area contributed by atoms with Gasteiger partial charge in [-0.1, -0.05) is 6.07 Å².